The van der Waals surface area contributed by atoms with Gasteiger partial charge < -0.3 is 9.47 Å². The highest BCUT2D eigenvalue weighted by Gasteiger charge is 2.41. The highest BCUT2D eigenvalue weighted by Crippen LogP contribution is 2.28. The van der Waals surface area contributed by atoms with Gasteiger partial charge in [0.25, 0.3) is 0 Å². The van der Waals surface area contributed by atoms with Crippen LogP contribution in [0.1, 0.15) is 32.6 Å². The Bertz CT molecular complexity index is 273. The number of hydrogen-bond acceptors (Lipinski definition) is 5. The lowest BCUT2D eigenvalue weighted by Crippen LogP contribution is -2.56. The molecule has 2 fully saturated rings. The third kappa shape index (κ3) is 3.39. The monoisotopic (exact) mass is 273 g/mol. The molecular weight excluding hydrogens is 250 g/mol. The van der Waals surface area contributed by atoms with Crippen LogP contribution < -0.4 is 5.32 Å². The molecule has 4 nitrogen and oxygen atoms in total. The normalized spacial score (nSPS) is 27.1. The summed E-state index contributed by atoms with van der Waals surface area (Å²) in [5.74, 6) is 1.97. The molecule has 0 aromatic rings. The summed E-state index contributed by atoms with van der Waals surface area (Å²) in [4.78, 5) is 12.2. The zero-order chi connectivity index (χ0) is 12.8. The van der Waals surface area contributed by atoms with Crippen LogP contribution in [0, 0.1) is 0 Å². The highest BCUT2D eigenvalue weighted by atomic mass is 32.2. The largest absolute Gasteiger partial charge is 0.465 e. The minimum Gasteiger partial charge on any atom is -0.465 e. The van der Waals surface area contributed by atoms with Gasteiger partial charge in [-0.25, -0.2) is 0 Å². The Hall–Kier alpha value is -0.260. The van der Waals surface area contributed by atoms with Gasteiger partial charge in [0.15, 0.2) is 0 Å². The summed E-state index contributed by atoms with van der Waals surface area (Å²) in [6.45, 7) is 3.94. The Kier molecular flexibility index (Phi) is 5.33. The molecule has 1 unspecified atom stereocenters. The molecule has 0 spiro atoms. The Labute approximate surface area is 113 Å². The van der Waals surface area contributed by atoms with Gasteiger partial charge in [-0.2, -0.15) is 11.8 Å². The number of rotatable bonds is 5. The maximum Gasteiger partial charge on any atom is 0.326 e. The number of nitrogens with one attached hydrogen (secondary N) is 1. The first kappa shape index (κ1) is 14.2. The van der Waals surface area contributed by atoms with Crippen molar-refractivity contribution in [1.82, 2.24) is 5.32 Å². The summed E-state index contributed by atoms with van der Waals surface area (Å²) in [6, 6.07) is 0. The van der Waals surface area contributed by atoms with Crippen molar-refractivity contribution in [3.8, 4) is 0 Å². The molecule has 5 heteroatoms. The Balaban J connectivity index is 1.92. The topological polar surface area (TPSA) is 47.6 Å². The van der Waals surface area contributed by atoms with Crippen LogP contribution in [0.15, 0.2) is 0 Å². The standard InChI is InChI=1S/C13H23NO3S/c1-2-16-12(15)13(5-8-18-9-6-13)14-10-11-4-3-7-17-11/h11,14H,2-10H2,1H3. The minimum atomic E-state index is -0.465. The molecule has 0 aromatic carbocycles. The van der Waals surface area contributed by atoms with Gasteiger partial charge >= 0.3 is 5.97 Å². The van der Waals surface area contributed by atoms with Crippen molar-refractivity contribution in [2.45, 2.75) is 44.2 Å². The Morgan fingerprint density at radius 1 is 1.50 bits per heavy atom. The van der Waals surface area contributed by atoms with Crippen LogP contribution in [0.4, 0.5) is 0 Å². The van der Waals surface area contributed by atoms with E-state index < -0.39 is 5.54 Å². The fourth-order valence-corrected chi connectivity index (χ4v) is 3.75. The van der Waals surface area contributed by atoms with E-state index in [1.54, 1.807) is 0 Å². The van der Waals surface area contributed by atoms with Gasteiger partial charge in [-0.15, -0.1) is 0 Å². The molecule has 0 amide bonds. The first-order chi connectivity index (χ1) is 8.77. The quantitative estimate of drug-likeness (QED) is 0.771. The van der Waals surface area contributed by atoms with Crippen molar-refractivity contribution in [3.05, 3.63) is 0 Å². The molecule has 0 saturated carbocycles. The molecule has 2 saturated heterocycles. The molecule has 1 N–H and O–H groups in total. The summed E-state index contributed by atoms with van der Waals surface area (Å²) in [7, 11) is 0. The van der Waals surface area contributed by atoms with Gasteiger partial charge in [0, 0.05) is 13.2 Å². The maximum absolute atomic E-state index is 12.2. The van der Waals surface area contributed by atoms with E-state index in [-0.39, 0.29) is 12.1 Å². The molecule has 2 aliphatic heterocycles. The molecule has 2 aliphatic rings. The van der Waals surface area contributed by atoms with E-state index in [1.807, 2.05) is 18.7 Å². The molecule has 0 bridgehead atoms. The maximum atomic E-state index is 12.2. The van der Waals surface area contributed by atoms with Gasteiger partial charge in [0.2, 0.25) is 0 Å². The number of carbonyl (C=O) groups is 1. The van der Waals surface area contributed by atoms with E-state index in [9.17, 15) is 4.79 Å². The molecule has 0 radical (unpaired) electrons. The van der Waals surface area contributed by atoms with Crippen LogP contribution in [0.2, 0.25) is 0 Å². The van der Waals surface area contributed by atoms with E-state index in [2.05, 4.69) is 5.32 Å². The minimum absolute atomic E-state index is 0.0803. The van der Waals surface area contributed by atoms with Crippen molar-refractivity contribution in [1.29, 1.82) is 0 Å². The van der Waals surface area contributed by atoms with E-state index in [0.717, 1.165) is 50.3 Å². The number of hydrogen-bond donors (Lipinski definition) is 1. The van der Waals surface area contributed by atoms with Crippen LogP contribution in [-0.4, -0.2) is 48.9 Å². The molecule has 1 atom stereocenters. The Morgan fingerprint density at radius 3 is 2.89 bits per heavy atom. The predicted molar refractivity (Wildman–Crippen MR) is 72.9 cm³/mol. The van der Waals surface area contributed by atoms with Gasteiger partial charge in [0.05, 0.1) is 12.7 Å². The zero-order valence-corrected chi connectivity index (χ0v) is 11.9. The average Bonchev–Trinajstić information content (AvgIpc) is 2.91. The second kappa shape index (κ2) is 6.78. The molecule has 18 heavy (non-hydrogen) atoms. The van der Waals surface area contributed by atoms with Crippen molar-refractivity contribution in [2.75, 3.05) is 31.3 Å². The molecule has 0 aliphatic carbocycles. The SMILES string of the molecule is CCOC(=O)C1(NCC2CCCO2)CCSCC1. The summed E-state index contributed by atoms with van der Waals surface area (Å²) in [6.07, 6.45) is 4.23. The first-order valence-electron chi connectivity index (χ1n) is 6.88. The molecule has 2 rings (SSSR count). The van der Waals surface area contributed by atoms with Crippen molar-refractivity contribution >= 4 is 17.7 Å². The number of carbonyl (C=O) groups excluding carboxylic acids is 1. The van der Waals surface area contributed by atoms with Crippen LogP contribution >= 0.6 is 11.8 Å². The average molecular weight is 273 g/mol. The lowest BCUT2D eigenvalue weighted by atomic mass is 9.92. The summed E-state index contributed by atoms with van der Waals surface area (Å²) >= 11 is 1.91. The van der Waals surface area contributed by atoms with Crippen molar-refractivity contribution < 1.29 is 14.3 Å². The lowest BCUT2D eigenvalue weighted by molar-refractivity contribution is -0.151. The van der Waals surface area contributed by atoms with Gasteiger partial charge in [-0.1, -0.05) is 0 Å². The zero-order valence-electron chi connectivity index (χ0n) is 11.1. The van der Waals surface area contributed by atoms with E-state index >= 15 is 0 Å². The summed E-state index contributed by atoms with van der Waals surface area (Å²) in [5, 5.41) is 3.45. The molecular formula is C13H23NO3S. The number of esters is 1. The summed E-state index contributed by atoms with van der Waals surface area (Å²) < 4.78 is 10.9. The third-order valence-electron chi connectivity index (χ3n) is 3.70. The lowest BCUT2D eigenvalue weighted by Gasteiger charge is -2.36. The van der Waals surface area contributed by atoms with E-state index in [1.165, 1.54) is 0 Å². The van der Waals surface area contributed by atoms with Crippen molar-refractivity contribution in [3.63, 3.8) is 0 Å². The first-order valence-corrected chi connectivity index (χ1v) is 8.04. The second-order valence-electron chi connectivity index (χ2n) is 4.93. The molecule has 0 aromatic heterocycles. The van der Waals surface area contributed by atoms with E-state index in [0.29, 0.717) is 6.61 Å². The van der Waals surface area contributed by atoms with Crippen LogP contribution in [-0.2, 0) is 14.3 Å². The van der Waals surface area contributed by atoms with Gasteiger partial charge in [0.1, 0.15) is 5.54 Å². The highest BCUT2D eigenvalue weighted by molar-refractivity contribution is 7.99. The van der Waals surface area contributed by atoms with Crippen molar-refractivity contribution in [2.24, 2.45) is 0 Å². The summed E-state index contributed by atoms with van der Waals surface area (Å²) in [5.41, 5.74) is -0.465. The van der Waals surface area contributed by atoms with Crippen LogP contribution in [0.3, 0.4) is 0 Å². The predicted octanol–water partition coefficient (Wildman–Crippen LogP) is 1.58. The molecule has 104 valence electrons. The van der Waals surface area contributed by atoms with Gasteiger partial charge in [-0.05, 0) is 44.1 Å². The fourth-order valence-electron chi connectivity index (χ4n) is 2.56. The Morgan fingerprint density at radius 2 is 2.28 bits per heavy atom. The molecule has 2 heterocycles. The number of ether oxygens (including phenoxy) is 2. The van der Waals surface area contributed by atoms with E-state index in [4.69, 9.17) is 9.47 Å². The third-order valence-corrected chi connectivity index (χ3v) is 4.69. The van der Waals surface area contributed by atoms with Crippen LogP contribution in [0.25, 0.3) is 0 Å². The smallest absolute Gasteiger partial charge is 0.326 e. The second-order valence-corrected chi connectivity index (χ2v) is 6.16. The number of thioether (sulfide) groups is 1. The van der Waals surface area contributed by atoms with Gasteiger partial charge in [-0.3, -0.25) is 10.1 Å². The van der Waals surface area contributed by atoms with Crippen LogP contribution in [0.5, 0.6) is 0 Å². The fraction of sp³-hybridized carbons (Fsp3) is 0.923.